The summed E-state index contributed by atoms with van der Waals surface area (Å²) in [5, 5.41) is 13.8. The fourth-order valence-electron chi connectivity index (χ4n) is 3.52. The van der Waals surface area contributed by atoms with Crippen molar-refractivity contribution >= 4 is 18.0 Å². The van der Waals surface area contributed by atoms with Crippen molar-refractivity contribution in [3.05, 3.63) is 70.3 Å². The molecular weight excluding hydrogens is 522 g/mol. The highest BCUT2D eigenvalue weighted by Crippen LogP contribution is 2.19. The molecule has 0 saturated heterocycles. The predicted octanol–water partition coefficient (Wildman–Crippen LogP) is 4.55. The summed E-state index contributed by atoms with van der Waals surface area (Å²) in [7, 11) is 0. The molecule has 0 aromatic heterocycles. The number of carboxylic acid groups (broad SMARTS) is 1. The van der Waals surface area contributed by atoms with Crippen molar-refractivity contribution in [3.8, 4) is 0 Å². The lowest BCUT2D eigenvalue weighted by molar-refractivity contribution is -0.137. The summed E-state index contributed by atoms with van der Waals surface area (Å²) in [5.41, 5.74) is -1.72. The monoisotopic (exact) mass is 548 g/mol. The van der Waals surface area contributed by atoms with Gasteiger partial charge in [-0.15, -0.1) is 0 Å². The SMILES string of the molecule is CC(C)(C)OC(=O)NC(CC(=O)N[C@@H](CC(=O)O)Cc1cc(F)c(F)cc1F)Cc1cc(F)c(F)cc1F. The van der Waals surface area contributed by atoms with Crippen molar-refractivity contribution in [2.45, 2.75) is 64.1 Å². The zero-order valence-corrected chi connectivity index (χ0v) is 20.6. The van der Waals surface area contributed by atoms with Gasteiger partial charge in [0.05, 0.1) is 6.42 Å². The number of hydrogen-bond acceptors (Lipinski definition) is 4. The van der Waals surface area contributed by atoms with Crippen molar-refractivity contribution in [1.29, 1.82) is 0 Å². The minimum Gasteiger partial charge on any atom is -0.481 e. The number of carbonyl (C=O) groups is 3. The number of carboxylic acids is 1. The lowest BCUT2D eigenvalue weighted by atomic mass is 10.00. The standard InChI is InChI=1S/C25H26F6N2O5/c1-25(2,3)38-24(37)33-14(4-12-6-18(28)20(30)10-16(12)26)8-22(34)32-15(9-23(35)36)5-13-7-19(29)21(31)11-17(13)27/h6-7,10-11,14-15H,4-5,8-9H2,1-3H3,(H,32,34)(H,33,37)(H,35,36)/t14?,15-/m1/s1. The first-order valence-corrected chi connectivity index (χ1v) is 11.3. The highest BCUT2D eigenvalue weighted by Gasteiger charge is 2.26. The number of halogens is 6. The average molecular weight is 548 g/mol. The molecule has 7 nitrogen and oxygen atoms in total. The number of nitrogens with one attached hydrogen (secondary N) is 2. The first-order chi connectivity index (χ1) is 17.5. The van der Waals surface area contributed by atoms with E-state index in [1.165, 1.54) is 0 Å². The number of rotatable bonds is 10. The Kier molecular flexibility index (Phi) is 10.1. The van der Waals surface area contributed by atoms with Gasteiger partial charge < -0.3 is 20.5 Å². The van der Waals surface area contributed by atoms with Gasteiger partial charge in [0.25, 0.3) is 0 Å². The van der Waals surface area contributed by atoms with E-state index < -0.39 is 102 Å². The molecule has 0 spiro atoms. The van der Waals surface area contributed by atoms with E-state index in [2.05, 4.69) is 10.6 Å². The molecule has 0 saturated carbocycles. The van der Waals surface area contributed by atoms with Crippen molar-refractivity contribution < 1.29 is 50.6 Å². The Morgan fingerprint density at radius 3 is 1.58 bits per heavy atom. The van der Waals surface area contributed by atoms with Crippen LogP contribution in [0, 0.1) is 34.9 Å². The zero-order valence-electron chi connectivity index (χ0n) is 20.6. The predicted molar refractivity (Wildman–Crippen MR) is 122 cm³/mol. The van der Waals surface area contributed by atoms with Crippen LogP contribution in [0.3, 0.4) is 0 Å². The smallest absolute Gasteiger partial charge is 0.407 e. The second-order valence-corrected chi connectivity index (χ2v) is 9.53. The molecule has 2 rings (SSSR count). The topological polar surface area (TPSA) is 105 Å². The summed E-state index contributed by atoms with van der Waals surface area (Å²) >= 11 is 0. The Morgan fingerprint density at radius 2 is 1.16 bits per heavy atom. The molecule has 0 bridgehead atoms. The van der Waals surface area contributed by atoms with Crippen LogP contribution in [0.25, 0.3) is 0 Å². The molecule has 0 aliphatic rings. The quantitative estimate of drug-likeness (QED) is 0.299. The molecule has 0 radical (unpaired) electrons. The van der Waals surface area contributed by atoms with Crippen LogP contribution >= 0.6 is 0 Å². The van der Waals surface area contributed by atoms with Gasteiger partial charge >= 0.3 is 12.1 Å². The second-order valence-electron chi connectivity index (χ2n) is 9.53. The molecule has 13 heteroatoms. The Morgan fingerprint density at radius 1 is 0.737 bits per heavy atom. The van der Waals surface area contributed by atoms with E-state index in [1.54, 1.807) is 20.8 Å². The van der Waals surface area contributed by atoms with Gasteiger partial charge in [0.1, 0.15) is 17.2 Å². The lowest BCUT2D eigenvalue weighted by Crippen LogP contribution is -2.45. The van der Waals surface area contributed by atoms with Gasteiger partial charge in [-0.25, -0.2) is 31.1 Å². The van der Waals surface area contributed by atoms with E-state index in [0.717, 1.165) is 0 Å². The van der Waals surface area contributed by atoms with E-state index in [9.17, 15) is 40.7 Å². The maximum Gasteiger partial charge on any atom is 0.407 e. The average Bonchev–Trinajstić information content (AvgIpc) is 2.73. The summed E-state index contributed by atoms with van der Waals surface area (Å²) in [6.45, 7) is 4.66. The van der Waals surface area contributed by atoms with Crippen molar-refractivity contribution in [2.24, 2.45) is 0 Å². The van der Waals surface area contributed by atoms with Gasteiger partial charge in [-0.1, -0.05) is 0 Å². The normalized spacial score (nSPS) is 13.0. The van der Waals surface area contributed by atoms with Gasteiger partial charge in [-0.3, -0.25) is 9.59 Å². The molecule has 2 atom stereocenters. The Labute approximate surface area is 214 Å². The van der Waals surface area contributed by atoms with Crippen LogP contribution in [0.5, 0.6) is 0 Å². The maximum absolute atomic E-state index is 14.2. The van der Waals surface area contributed by atoms with E-state index in [1.807, 2.05) is 0 Å². The lowest BCUT2D eigenvalue weighted by Gasteiger charge is -2.24. The molecule has 208 valence electrons. The molecule has 0 aliphatic heterocycles. The number of ether oxygens (including phenoxy) is 1. The molecule has 0 fully saturated rings. The number of alkyl carbamates (subject to hydrolysis) is 1. The van der Waals surface area contributed by atoms with E-state index in [4.69, 9.17) is 9.84 Å². The Hall–Kier alpha value is -3.77. The van der Waals surface area contributed by atoms with E-state index >= 15 is 0 Å². The summed E-state index contributed by atoms with van der Waals surface area (Å²) < 4.78 is 87.2. The number of carbonyl (C=O) groups excluding carboxylic acids is 2. The van der Waals surface area contributed by atoms with Gasteiger partial charge in [0, 0.05) is 30.6 Å². The Bertz CT molecular complexity index is 1200. The van der Waals surface area contributed by atoms with Crippen LogP contribution in [0.1, 0.15) is 44.7 Å². The van der Waals surface area contributed by atoms with Crippen LogP contribution < -0.4 is 10.6 Å². The fraction of sp³-hybridized carbons (Fsp3) is 0.400. The fourth-order valence-corrected chi connectivity index (χ4v) is 3.52. The molecular formula is C25H26F6N2O5. The second kappa shape index (κ2) is 12.7. The maximum atomic E-state index is 14.2. The van der Waals surface area contributed by atoms with Gasteiger partial charge in [0.2, 0.25) is 5.91 Å². The highest BCUT2D eigenvalue weighted by atomic mass is 19.2. The first-order valence-electron chi connectivity index (χ1n) is 11.3. The zero-order chi connectivity index (χ0) is 28.8. The molecule has 2 aromatic rings. The molecule has 0 heterocycles. The molecule has 0 aliphatic carbocycles. The summed E-state index contributed by atoms with van der Waals surface area (Å²) in [5.74, 6) is -10.2. The molecule has 2 aromatic carbocycles. The third kappa shape index (κ3) is 9.60. The van der Waals surface area contributed by atoms with Crippen molar-refractivity contribution in [3.63, 3.8) is 0 Å². The number of hydrogen-bond donors (Lipinski definition) is 3. The molecule has 38 heavy (non-hydrogen) atoms. The van der Waals surface area contributed by atoms with Crippen LogP contribution in [-0.2, 0) is 27.2 Å². The van der Waals surface area contributed by atoms with Gasteiger partial charge in [-0.2, -0.15) is 0 Å². The number of aliphatic carboxylic acids is 1. The summed E-state index contributed by atoms with van der Waals surface area (Å²) in [6, 6.07) is -0.859. The number of amides is 2. The summed E-state index contributed by atoms with van der Waals surface area (Å²) in [4.78, 5) is 36.3. The molecule has 2 amide bonds. The van der Waals surface area contributed by atoms with Crippen LogP contribution in [0.15, 0.2) is 24.3 Å². The minimum absolute atomic E-state index is 0.279. The summed E-state index contributed by atoms with van der Waals surface area (Å²) in [6.07, 6.45) is -3.37. The van der Waals surface area contributed by atoms with E-state index in [0.29, 0.717) is 18.2 Å². The first kappa shape index (κ1) is 30.5. The van der Waals surface area contributed by atoms with Crippen molar-refractivity contribution in [2.75, 3.05) is 0 Å². The highest BCUT2D eigenvalue weighted by molar-refractivity contribution is 5.79. The van der Waals surface area contributed by atoms with Crippen LogP contribution in [0.4, 0.5) is 31.1 Å². The largest absolute Gasteiger partial charge is 0.481 e. The molecule has 1 unspecified atom stereocenters. The third-order valence-corrected chi connectivity index (χ3v) is 5.05. The number of benzene rings is 2. The third-order valence-electron chi connectivity index (χ3n) is 5.05. The van der Waals surface area contributed by atoms with Crippen molar-refractivity contribution in [1.82, 2.24) is 10.6 Å². The minimum atomic E-state index is -1.45. The Balaban J connectivity index is 2.24. The molecule has 3 N–H and O–H groups in total. The van der Waals surface area contributed by atoms with Gasteiger partial charge in [-0.05, 0) is 56.9 Å². The van der Waals surface area contributed by atoms with Crippen LogP contribution in [-0.4, -0.2) is 40.8 Å². The van der Waals surface area contributed by atoms with Crippen LogP contribution in [0.2, 0.25) is 0 Å². The van der Waals surface area contributed by atoms with Gasteiger partial charge in [0.15, 0.2) is 23.3 Å². The van der Waals surface area contributed by atoms with E-state index in [-0.39, 0.29) is 11.6 Å².